The molecule has 0 fully saturated rings. The Balaban J connectivity index is 2.75. The van der Waals surface area contributed by atoms with Crippen molar-refractivity contribution in [2.45, 2.75) is 0 Å². The molecule has 0 aliphatic heterocycles. The maximum Gasteiger partial charge on any atom is 0.188 e. The average Bonchev–Trinajstić information content (AvgIpc) is 2.66. The number of hydrogen-bond donors (Lipinski definition) is 0. The normalized spacial score (nSPS) is 9.69. The van der Waals surface area contributed by atoms with E-state index in [1.807, 2.05) is 29.3 Å². The summed E-state index contributed by atoms with van der Waals surface area (Å²) >= 11 is 4.75. The zero-order valence-corrected chi connectivity index (χ0v) is 9.89. The summed E-state index contributed by atoms with van der Waals surface area (Å²) in [6.45, 7) is 0. The summed E-state index contributed by atoms with van der Waals surface area (Å²) in [6, 6.07) is 1.85. The number of ketones is 1. The third-order valence-corrected chi connectivity index (χ3v) is 4.18. The number of hydrogen-bond acceptors (Lipinski definition) is 4. The molecule has 1 heterocycles. The molecule has 0 aliphatic rings. The van der Waals surface area contributed by atoms with E-state index < -0.39 is 0 Å². The Hall–Kier alpha value is -0.190. The van der Waals surface area contributed by atoms with Crippen molar-refractivity contribution in [2.24, 2.45) is 0 Å². The Morgan fingerprint density at radius 2 is 2.15 bits per heavy atom. The molecule has 1 rings (SSSR count). The lowest BCUT2D eigenvalue weighted by atomic mass is 10.2. The molecule has 0 aromatic carbocycles. The highest BCUT2D eigenvalue weighted by Crippen LogP contribution is 2.24. The largest absolute Gasteiger partial charge is 0.289 e. The van der Waals surface area contributed by atoms with Crippen molar-refractivity contribution in [2.75, 3.05) is 12.5 Å². The van der Waals surface area contributed by atoms with E-state index >= 15 is 0 Å². The molecule has 70 valence electrons. The van der Waals surface area contributed by atoms with Crippen LogP contribution in [0.4, 0.5) is 0 Å². The van der Waals surface area contributed by atoms with E-state index in [0.29, 0.717) is 0 Å². The summed E-state index contributed by atoms with van der Waals surface area (Å²) in [4.78, 5) is 11.5. The minimum atomic E-state index is 0.0972. The highest BCUT2D eigenvalue weighted by atomic mass is 32.2. The highest BCUT2D eigenvalue weighted by Gasteiger charge is 2.03. The van der Waals surface area contributed by atoms with Crippen molar-refractivity contribution in [3.63, 3.8) is 0 Å². The first-order chi connectivity index (χ1) is 6.27. The molecule has 0 radical (unpaired) electrons. The summed E-state index contributed by atoms with van der Waals surface area (Å²) in [5.74, 6) is 0.0972. The minimum absolute atomic E-state index is 0.0972. The first-order valence-corrected chi connectivity index (χ1v) is 7.03. The van der Waals surface area contributed by atoms with Crippen LogP contribution in [-0.4, -0.2) is 18.3 Å². The van der Waals surface area contributed by atoms with Crippen LogP contribution in [0.1, 0.15) is 10.4 Å². The van der Waals surface area contributed by atoms with Gasteiger partial charge >= 0.3 is 0 Å². The predicted octanol–water partition coefficient (Wildman–Crippen LogP) is 3.50. The van der Waals surface area contributed by atoms with E-state index in [1.165, 1.54) is 0 Å². The van der Waals surface area contributed by atoms with Crippen molar-refractivity contribution in [3.05, 3.63) is 32.7 Å². The summed E-state index contributed by atoms with van der Waals surface area (Å²) in [5.41, 5.74) is 0.783. The summed E-state index contributed by atoms with van der Waals surface area (Å²) in [5, 5.41) is 3.79. The van der Waals surface area contributed by atoms with Crippen LogP contribution < -0.4 is 0 Å². The first-order valence-electron chi connectivity index (χ1n) is 3.64. The van der Waals surface area contributed by atoms with E-state index in [-0.39, 0.29) is 5.78 Å². The molecule has 1 nitrogen and oxygen atoms in total. The molecule has 0 unspecified atom stereocenters. The van der Waals surface area contributed by atoms with E-state index in [1.54, 1.807) is 40.9 Å². The molecular weight excluding hydrogens is 220 g/mol. The van der Waals surface area contributed by atoms with Crippen molar-refractivity contribution < 1.29 is 4.79 Å². The van der Waals surface area contributed by atoms with Crippen LogP contribution in [0.5, 0.6) is 0 Å². The third-order valence-electron chi connectivity index (χ3n) is 1.46. The Morgan fingerprint density at radius 1 is 1.46 bits per heavy atom. The lowest BCUT2D eigenvalue weighted by molar-refractivity contribution is 0.104. The number of thioether (sulfide) groups is 2. The van der Waals surface area contributed by atoms with Crippen LogP contribution in [-0.2, 0) is 0 Å². The zero-order valence-electron chi connectivity index (χ0n) is 7.44. The molecule has 0 bridgehead atoms. The van der Waals surface area contributed by atoms with Gasteiger partial charge in [0, 0.05) is 21.3 Å². The van der Waals surface area contributed by atoms with Gasteiger partial charge in [0.15, 0.2) is 5.78 Å². The maximum absolute atomic E-state index is 11.5. The molecule has 0 amide bonds. The highest BCUT2D eigenvalue weighted by molar-refractivity contribution is 8.21. The zero-order chi connectivity index (χ0) is 9.68. The van der Waals surface area contributed by atoms with E-state index in [9.17, 15) is 4.79 Å². The molecule has 0 atom stereocenters. The lowest BCUT2D eigenvalue weighted by Gasteiger charge is -1.96. The molecule has 4 heteroatoms. The SMILES string of the molecule is CSC(=CC(=O)c1ccsc1)SC. The van der Waals surface area contributed by atoms with Gasteiger partial charge in [-0.3, -0.25) is 4.79 Å². The fourth-order valence-electron chi connectivity index (χ4n) is 0.796. The molecule has 0 saturated carbocycles. The molecule has 0 saturated heterocycles. The van der Waals surface area contributed by atoms with Crippen molar-refractivity contribution >= 4 is 40.6 Å². The van der Waals surface area contributed by atoms with E-state index in [2.05, 4.69) is 0 Å². The smallest absolute Gasteiger partial charge is 0.188 e. The third kappa shape index (κ3) is 3.21. The monoisotopic (exact) mass is 230 g/mol. The second-order valence-corrected chi connectivity index (χ2v) is 4.98. The van der Waals surface area contributed by atoms with E-state index in [4.69, 9.17) is 0 Å². The number of allylic oxidation sites excluding steroid dienone is 1. The quantitative estimate of drug-likeness (QED) is 0.582. The van der Waals surface area contributed by atoms with Crippen LogP contribution in [0, 0.1) is 0 Å². The second kappa shape index (κ2) is 5.52. The summed E-state index contributed by atoms with van der Waals surface area (Å²) in [7, 11) is 0. The molecular formula is C9H10OS3. The van der Waals surface area contributed by atoms with Gasteiger partial charge in [-0.1, -0.05) is 0 Å². The summed E-state index contributed by atoms with van der Waals surface area (Å²) in [6.07, 6.45) is 5.64. The van der Waals surface area contributed by atoms with Crippen LogP contribution in [0.15, 0.2) is 27.1 Å². The Bertz CT molecular complexity index is 295. The molecule has 1 aromatic heterocycles. The van der Waals surface area contributed by atoms with Crippen LogP contribution in [0.2, 0.25) is 0 Å². The van der Waals surface area contributed by atoms with Gasteiger partial charge in [0.1, 0.15) is 0 Å². The Labute approximate surface area is 90.6 Å². The fourth-order valence-corrected chi connectivity index (χ4v) is 2.56. The van der Waals surface area contributed by atoms with Gasteiger partial charge in [-0.25, -0.2) is 0 Å². The van der Waals surface area contributed by atoms with Crippen LogP contribution >= 0.6 is 34.9 Å². The van der Waals surface area contributed by atoms with Crippen molar-refractivity contribution in [1.82, 2.24) is 0 Å². The molecule has 1 aromatic rings. The molecule has 13 heavy (non-hydrogen) atoms. The molecule has 0 aliphatic carbocycles. The Morgan fingerprint density at radius 3 is 2.62 bits per heavy atom. The molecule has 0 N–H and O–H groups in total. The minimum Gasteiger partial charge on any atom is -0.289 e. The van der Waals surface area contributed by atoms with Gasteiger partial charge in [0.05, 0.1) is 0 Å². The predicted molar refractivity (Wildman–Crippen MR) is 63.8 cm³/mol. The lowest BCUT2D eigenvalue weighted by Crippen LogP contribution is -1.91. The van der Waals surface area contributed by atoms with Crippen molar-refractivity contribution in [3.8, 4) is 0 Å². The second-order valence-electron chi connectivity index (χ2n) is 2.25. The van der Waals surface area contributed by atoms with Crippen LogP contribution in [0.3, 0.4) is 0 Å². The maximum atomic E-state index is 11.5. The summed E-state index contributed by atoms with van der Waals surface area (Å²) < 4.78 is 1.05. The van der Waals surface area contributed by atoms with Gasteiger partial charge in [0.2, 0.25) is 0 Å². The standard InChI is InChI=1S/C9H10OS3/c1-11-9(12-2)5-8(10)7-3-4-13-6-7/h3-6H,1-2H3. The van der Waals surface area contributed by atoms with Gasteiger partial charge in [0.25, 0.3) is 0 Å². The average molecular weight is 230 g/mol. The number of carbonyl (C=O) groups excluding carboxylic acids is 1. The number of rotatable bonds is 4. The van der Waals surface area contributed by atoms with Gasteiger partial charge in [-0.2, -0.15) is 11.3 Å². The Kier molecular flexibility index (Phi) is 4.62. The van der Waals surface area contributed by atoms with Gasteiger partial charge in [-0.05, 0) is 24.0 Å². The first kappa shape index (κ1) is 10.9. The molecule has 0 spiro atoms. The van der Waals surface area contributed by atoms with Gasteiger partial charge in [-0.15, -0.1) is 23.5 Å². The fraction of sp³-hybridized carbons (Fsp3) is 0.222. The van der Waals surface area contributed by atoms with Gasteiger partial charge < -0.3 is 0 Å². The van der Waals surface area contributed by atoms with Crippen molar-refractivity contribution in [1.29, 1.82) is 0 Å². The number of thiophene rings is 1. The topological polar surface area (TPSA) is 17.1 Å². The van der Waals surface area contributed by atoms with Crippen LogP contribution in [0.25, 0.3) is 0 Å². The number of carbonyl (C=O) groups is 1. The van der Waals surface area contributed by atoms with E-state index in [0.717, 1.165) is 9.80 Å².